The first-order valence-electron chi connectivity index (χ1n) is 8.48. The largest absolute Gasteiger partial charge is 0.490 e. The van der Waals surface area contributed by atoms with E-state index in [0.717, 1.165) is 54.4 Å². The molecule has 2 aromatic heterocycles. The topological polar surface area (TPSA) is 69.2 Å². The van der Waals surface area contributed by atoms with Crippen molar-refractivity contribution in [2.45, 2.75) is 25.9 Å². The van der Waals surface area contributed by atoms with Crippen molar-refractivity contribution in [2.24, 2.45) is 0 Å². The Morgan fingerprint density at radius 1 is 1.08 bits per heavy atom. The van der Waals surface area contributed by atoms with Gasteiger partial charge in [-0.15, -0.1) is 0 Å². The van der Waals surface area contributed by atoms with Gasteiger partial charge in [0.2, 0.25) is 0 Å². The molecule has 0 saturated carbocycles. The molecule has 0 bridgehead atoms. The SMILES string of the molecule is Cc1cc(Nc2ccc3nccnc3n2)ccc1OC1CCOCC1. The van der Waals surface area contributed by atoms with Crippen LogP contribution in [0, 0.1) is 6.92 Å². The first-order valence-corrected chi connectivity index (χ1v) is 8.48. The fraction of sp³-hybridized carbons (Fsp3) is 0.316. The Morgan fingerprint density at radius 2 is 1.92 bits per heavy atom. The van der Waals surface area contributed by atoms with E-state index in [2.05, 4.69) is 33.3 Å². The van der Waals surface area contributed by atoms with Crippen LogP contribution in [0.15, 0.2) is 42.7 Å². The molecule has 0 aliphatic carbocycles. The van der Waals surface area contributed by atoms with E-state index in [-0.39, 0.29) is 6.10 Å². The minimum Gasteiger partial charge on any atom is -0.490 e. The predicted molar refractivity (Wildman–Crippen MR) is 96.3 cm³/mol. The smallest absolute Gasteiger partial charge is 0.180 e. The van der Waals surface area contributed by atoms with Gasteiger partial charge in [0.05, 0.1) is 13.2 Å². The van der Waals surface area contributed by atoms with E-state index in [1.54, 1.807) is 12.4 Å². The molecular formula is C19H20N4O2. The Labute approximate surface area is 146 Å². The van der Waals surface area contributed by atoms with Crippen molar-refractivity contribution in [1.82, 2.24) is 15.0 Å². The number of hydrogen-bond donors (Lipinski definition) is 1. The number of pyridine rings is 1. The molecule has 0 radical (unpaired) electrons. The zero-order valence-corrected chi connectivity index (χ0v) is 14.1. The molecule has 6 heteroatoms. The summed E-state index contributed by atoms with van der Waals surface area (Å²) in [6, 6.07) is 9.89. The Hall–Kier alpha value is -2.73. The summed E-state index contributed by atoms with van der Waals surface area (Å²) in [7, 11) is 0. The lowest BCUT2D eigenvalue weighted by molar-refractivity contribution is 0.0253. The monoisotopic (exact) mass is 336 g/mol. The molecule has 1 fully saturated rings. The Kier molecular flexibility index (Phi) is 4.43. The molecule has 1 aliphatic rings. The molecule has 1 aromatic carbocycles. The number of nitrogens with zero attached hydrogens (tertiary/aromatic N) is 3. The lowest BCUT2D eigenvalue weighted by Crippen LogP contribution is -2.26. The minimum atomic E-state index is 0.243. The highest BCUT2D eigenvalue weighted by molar-refractivity contribution is 5.73. The van der Waals surface area contributed by atoms with Gasteiger partial charge in [0.25, 0.3) is 0 Å². The summed E-state index contributed by atoms with van der Waals surface area (Å²) in [6.45, 7) is 3.61. The van der Waals surface area contributed by atoms with Gasteiger partial charge in [0.15, 0.2) is 5.65 Å². The summed E-state index contributed by atoms with van der Waals surface area (Å²) < 4.78 is 11.5. The fourth-order valence-corrected chi connectivity index (χ4v) is 2.90. The van der Waals surface area contributed by atoms with Crippen LogP contribution in [0.2, 0.25) is 0 Å². The van der Waals surface area contributed by atoms with Crippen molar-refractivity contribution < 1.29 is 9.47 Å². The average molecular weight is 336 g/mol. The van der Waals surface area contributed by atoms with Gasteiger partial charge in [-0.2, -0.15) is 0 Å². The number of benzene rings is 1. The second-order valence-corrected chi connectivity index (χ2v) is 6.13. The highest BCUT2D eigenvalue weighted by atomic mass is 16.5. The molecule has 3 aromatic rings. The highest BCUT2D eigenvalue weighted by Gasteiger charge is 2.16. The van der Waals surface area contributed by atoms with Crippen LogP contribution in [0.1, 0.15) is 18.4 Å². The maximum Gasteiger partial charge on any atom is 0.180 e. The number of hydrogen-bond acceptors (Lipinski definition) is 6. The fourth-order valence-electron chi connectivity index (χ4n) is 2.90. The molecule has 1 saturated heterocycles. The molecule has 1 aliphatic heterocycles. The van der Waals surface area contributed by atoms with E-state index in [4.69, 9.17) is 9.47 Å². The summed E-state index contributed by atoms with van der Waals surface area (Å²) in [6.07, 6.45) is 5.44. The molecule has 3 heterocycles. The number of nitrogens with one attached hydrogen (secondary N) is 1. The van der Waals surface area contributed by atoms with E-state index in [0.29, 0.717) is 5.65 Å². The third kappa shape index (κ3) is 3.69. The highest BCUT2D eigenvalue weighted by Crippen LogP contribution is 2.26. The molecule has 0 unspecified atom stereocenters. The van der Waals surface area contributed by atoms with Crippen LogP contribution in [-0.4, -0.2) is 34.3 Å². The van der Waals surface area contributed by atoms with Crippen molar-refractivity contribution in [3.05, 3.63) is 48.3 Å². The summed E-state index contributed by atoms with van der Waals surface area (Å²) >= 11 is 0. The van der Waals surface area contributed by atoms with Gasteiger partial charge in [0, 0.05) is 30.9 Å². The molecule has 0 spiro atoms. The normalized spacial score (nSPS) is 15.2. The number of fused-ring (bicyclic) bond motifs is 1. The van der Waals surface area contributed by atoms with Gasteiger partial charge in [-0.05, 0) is 42.8 Å². The Bertz CT molecular complexity index is 878. The summed E-state index contributed by atoms with van der Waals surface area (Å²) in [5.41, 5.74) is 3.47. The van der Waals surface area contributed by atoms with Gasteiger partial charge < -0.3 is 14.8 Å². The Morgan fingerprint density at radius 3 is 2.76 bits per heavy atom. The van der Waals surface area contributed by atoms with Crippen molar-refractivity contribution in [1.29, 1.82) is 0 Å². The standard InChI is InChI=1S/C19H20N4O2/c1-13-12-14(2-4-17(13)25-15-6-10-24-11-7-15)22-18-5-3-16-19(23-18)21-9-8-20-16/h2-5,8-9,12,15H,6-7,10-11H2,1H3,(H,21,22,23). The van der Waals surface area contributed by atoms with Gasteiger partial charge in [-0.25, -0.2) is 9.97 Å². The predicted octanol–water partition coefficient (Wildman–Crippen LogP) is 3.63. The third-order valence-corrected chi connectivity index (χ3v) is 4.24. The van der Waals surface area contributed by atoms with Crippen molar-refractivity contribution >= 4 is 22.7 Å². The van der Waals surface area contributed by atoms with Crippen molar-refractivity contribution in [2.75, 3.05) is 18.5 Å². The van der Waals surface area contributed by atoms with Crippen LogP contribution in [0.5, 0.6) is 5.75 Å². The number of anilines is 2. The van der Waals surface area contributed by atoms with Gasteiger partial charge in [-0.3, -0.25) is 4.98 Å². The van der Waals surface area contributed by atoms with E-state index >= 15 is 0 Å². The summed E-state index contributed by atoms with van der Waals surface area (Å²) in [4.78, 5) is 13.0. The number of aromatic nitrogens is 3. The van der Waals surface area contributed by atoms with E-state index in [1.807, 2.05) is 24.3 Å². The van der Waals surface area contributed by atoms with Crippen LogP contribution in [-0.2, 0) is 4.74 Å². The third-order valence-electron chi connectivity index (χ3n) is 4.24. The quantitative estimate of drug-likeness (QED) is 0.784. The maximum atomic E-state index is 6.11. The van der Waals surface area contributed by atoms with Gasteiger partial charge in [-0.1, -0.05) is 0 Å². The second kappa shape index (κ2) is 7.03. The lowest BCUT2D eigenvalue weighted by Gasteiger charge is -2.24. The van der Waals surface area contributed by atoms with E-state index in [9.17, 15) is 0 Å². The van der Waals surface area contributed by atoms with Gasteiger partial charge >= 0.3 is 0 Å². The first kappa shape index (κ1) is 15.8. The van der Waals surface area contributed by atoms with E-state index in [1.165, 1.54) is 0 Å². The minimum absolute atomic E-state index is 0.243. The molecule has 25 heavy (non-hydrogen) atoms. The van der Waals surface area contributed by atoms with Crippen LogP contribution >= 0.6 is 0 Å². The van der Waals surface area contributed by atoms with E-state index < -0.39 is 0 Å². The Balaban J connectivity index is 1.49. The van der Waals surface area contributed by atoms with Crippen LogP contribution < -0.4 is 10.1 Å². The molecular weight excluding hydrogens is 316 g/mol. The van der Waals surface area contributed by atoms with Crippen LogP contribution in [0.4, 0.5) is 11.5 Å². The average Bonchev–Trinajstić information content (AvgIpc) is 2.65. The first-order chi connectivity index (χ1) is 12.3. The summed E-state index contributed by atoms with van der Waals surface area (Å²) in [5.74, 6) is 1.67. The molecule has 0 amide bonds. The molecule has 6 nitrogen and oxygen atoms in total. The zero-order chi connectivity index (χ0) is 17.1. The molecule has 128 valence electrons. The molecule has 0 atom stereocenters. The molecule has 1 N–H and O–H groups in total. The van der Waals surface area contributed by atoms with Crippen LogP contribution in [0.3, 0.4) is 0 Å². The van der Waals surface area contributed by atoms with Crippen molar-refractivity contribution in [3.8, 4) is 5.75 Å². The number of aryl methyl sites for hydroxylation is 1. The zero-order valence-electron chi connectivity index (χ0n) is 14.1. The lowest BCUT2D eigenvalue weighted by atomic mass is 10.1. The second-order valence-electron chi connectivity index (χ2n) is 6.13. The van der Waals surface area contributed by atoms with Gasteiger partial charge in [0.1, 0.15) is 23.2 Å². The number of rotatable bonds is 4. The van der Waals surface area contributed by atoms with Crippen molar-refractivity contribution in [3.63, 3.8) is 0 Å². The maximum absolute atomic E-state index is 6.11. The molecule has 4 rings (SSSR count). The number of ether oxygens (including phenoxy) is 2. The summed E-state index contributed by atoms with van der Waals surface area (Å²) in [5, 5.41) is 3.31. The van der Waals surface area contributed by atoms with Crippen LogP contribution in [0.25, 0.3) is 11.2 Å².